The van der Waals surface area contributed by atoms with Gasteiger partial charge in [-0.2, -0.15) is 0 Å². The van der Waals surface area contributed by atoms with Gasteiger partial charge in [0.1, 0.15) is 5.75 Å². The minimum absolute atomic E-state index is 0.120. The molecule has 3 aromatic rings. The van der Waals surface area contributed by atoms with Crippen LogP contribution in [0.4, 0.5) is 0 Å². The zero-order chi connectivity index (χ0) is 20.1. The Morgan fingerprint density at radius 1 is 1.07 bits per heavy atom. The molecule has 1 aromatic heterocycles. The zero-order valence-electron chi connectivity index (χ0n) is 16.3. The smallest absolute Gasteiger partial charge is 0.321 e. The third-order valence-corrected chi connectivity index (χ3v) is 4.85. The molecule has 1 N–H and O–H groups in total. The number of amides is 1. The summed E-state index contributed by atoms with van der Waals surface area (Å²) in [6, 6.07) is 15.4. The van der Waals surface area contributed by atoms with E-state index in [1.165, 1.54) is 5.56 Å². The van der Waals surface area contributed by atoms with E-state index in [-0.39, 0.29) is 18.0 Å². The summed E-state index contributed by atoms with van der Waals surface area (Å²) in [5, 5.41) is 2.91. The van der Waals surface area contributed by atoms with E-state index in [2.05, 4.69) is 34.3 Å². The fraction of sp³-hybridized carbons (Fsp3) is 0.261. The lowest BCUT2D eigenvalue weighted by Gasteiger charge is -2.11. The Bertz CT molecular complexity index is 948. The molecule has 1 unspecified atom stereocenters. The van der Waals surface area contributed by atoms with Crippen LogP contribution in [0, 0.1) is 6.92 Å². The van der Waals surface area contributed by atoms with E-state index in [1.54, 1.807) is 36.7 Å². The first-order valence-electron chi connectivity index (χ1n) is 9.74. The number of nitrogens with one attached hydrogen (secondary N) is 1. The molecule has 2 aromatic carbocycles. The fourth-order valence-corrected chi connectivity index (χ4v) is 3.16. The molecule has 0 spiro atoms. The first-order chi connectivity index (χ1) is 14.2. The van der Waals surface area contributed by atoms with Gasteiger partial charge in [0.05, 0.1) is 6.10 Å². The van der Waals surface area contributed by atoms with Crippen LogP contribution in [0.3, 0.4) is 0 Å². The molecular formula is C23H23N3O3. The molecule has 1 aliphatic rings. The van der Waals surface area contributed by atoms with Crippen molar-refractivity contribution in [2.45, 2.75) is 25.9 Å². The molecular weight excluding hydrogens is 366 g/mol. The van der Waals surface area contributed by atoms with Crippen LogP contribution in [0.5, 0.6) is 11.8 Å². The van der Waals surface area contributed by atoms with Crippen LogP contribution in [-0.4, -0.2) is 35.1 Å². The predicted octanol–water partition coefficient (Wildman–Crippen LogP) is 4.15. The van der Waals surface area contributed by atoms with Gasteiger partial charge in [-0.25, -0.2) is 9.97 Å². The van der Waals surface area contributed by atoms with Crippen molar-refractivity contribution in [3.63, 3.8) is 0 Å². The Kier molecular flexibility index (Phi) is 5.81. The number of hydrogen-bond acceptors (Lipinski definition) is 5. The number of hydrogen-bond donors (Lipinski definition) is 1. The average Bonchev–Trinajstić information content (AvgIpc) is 3.27. The summed E-state index contributed by atoms with van der Waals surface area (Å²) in [7, 11) is 0. The van der Waals surface area contributed by atoms with Gasteiger partial charge in [-0.3, -0.25) is 4.79 Å². The number of nitrogens with zero attached hydrogens (tertiary/aromatic N) is 2. The molecule has 0 saturated carbocycles. The number of rotatable bonds is 6. The van der Waals surface area contributed by atoms with Gasteiger partial charge in [-0.15, -0.1) is 0 Å². The van der Waals surface area contributed by atoms with Gasteiger partial charge < -0.3 is 14.8 Å². The second-order valence-corrected chi connectivity index (χ2v) is 7.09. The number of ether oxygens (including phenoxy) is 2. The molecule has 148 valence electrons. The summed E-state index contributed by atoms with van der Waals surface area (Å²) in [5.41, 5.74) is 3.76. The second-order valence-electron chi connectivity index (χ2n) is 7.09. The van der Waals surface area contributed by atoms with Gasteiger partial charge in [0.15, 0.2) is 0 Å². The van der Waals surface area contributed by atoms with Gasteiger partial charge in [0.25, 0.3) is 5.91 Å². The molecule has 0 bridgehead atoms. The summed E-state index contributed by atoms with van der Waals surface area (Å²) in [5.74, 6) is 0.453. The maximum atomic E-state index is 12.2. The summed E-state index contributed by atoms with van der Waals surface area (Å²) in [4.78, 5) is 20.8. The molecule has 1 saturated heterocycles. The largest absolute Gasteiger partial charge is 0.424 e. The minimum atomic E-state index is -0.120. The van der Waals surface area contributed by atoms with Crippen LogP contribution in [-0.2, 0) is 4.74 Å². The third kappa shape index (κ3) is 4.97. The first kappa shape index (κ1) is 19.1. The van der Waals surface area contributed by atoms with E-state index in [9.17, 15) is 4.79 Å². The van der Waals surface area contributed by atoms with E-state index in [0.717, 1.165) is 30.6 Å². The molecule has 1 aliphatic heterocycles. The lowest BCUT2D eigenvalue weighted by atomic mass is 10.1. The monoisotopic (exact) mass is 389 g/mol. The van der Waals surface area contributed by atoms with Gasteiger partial charge in [0, 0.05) is 36.7 Å². The Hall–Kier alpha value is -3.25. The standard InChI is InChI=1S/C23H23N3O3/c1-16-4-6-17(7-5-16)19-13-25-23(26-14-19)29-20-10-8-18(9-11-20)22(27)24-15-21-3-2-12-28-21/h4-11,13-14,21H,2-3,12,15H2,1H3,(H,24,27). The van der Waals surface area contributed by atoms with Crippen molar-refractivity contribution >= 4 is 5.91 Å². The number of carbonyl (C=O) groups excluding carboxylic acids is 1. The van der Waals surface area contributed by atoms with E-state index in [1.807, 2.05) is 12.1 Å². The molecule has 6 heteroatoms. The maximum absolute atomic E-state index is 12.2. The maximum Gasteiger partial charge on any atom is 0.321 e. The molecule has 6 nitrogen and oxygen atoms in total. The lowest BCUT2D eigenvalue weighted by molar-refractivity contribution is 0.0858. The number of benzene rings is 2. The third-order valence-electron chi connectivity index (χ3n) is 4.85. The van der Waals surface area contributed by atoms with Crippen molar-refractivity contribution in [3.8, 4) is 22.9 Å². The molecule has 1 fully saturated rings. The van der Waals surface area contributed by atoms with Crippen molar-refractivity contribution in [2.24, 2.45) is 0 Å². The molecule has 29 heavy (non-hydrogen) atoms. The molecule has 2 heterocycles. The normalized spacial score (nSPS) is 15.8. The van der Waals surface area contributed by atoms with Gasteiger partial charge in [-0.1, -0.05) is 29.8 Å². The van der Waals surface area contributed by atoms with Crippen LogP contribution >= 0.6 is 0 Å². The number of aromatic nitrogens is 2. The van der Waals surface area contributed by atoms with Gasteiger partial charge >= 0.3 is 6.01 Å². The summed E-state index contributed by atoms with van der Waals surface area (Å²) in [6.45, 7) is 3.37. The van der Waals surface area contributed by atoms with E-state index < -0.39 is 0 Å². The topological polar surface area (TPSA) is 73.3 Å². The quantitative estimate of drug-likeness (QED) is 0.685. The summed E-state index contributed by atoms with van der Waals surface area (Å²) < 4.78 is 11.2. The minimum Gasteiger partial charge on any atom is -0.424 e. The number of aryl methyl sites for hydroxylation is 1. The fourth-order valence-electron chi connectivity index (χ4n) is 3.16. The van der Waals surface area contributed by atoms with Gasteiger partial charge in [-0.05, 0) is 49.6 Å². The van der Waals surface area contributed by atoms with Crippen molar-refractivity contribution in [1.82, 2.24) is 15.3 Å². The Balaban J connectivity index is 1.34. The number of carbonyl (C=O) groups is 1. The van der Waals surface area contributed by atoms with Crippen LogP contribution in [0.2, 0.25) is 0 Å². The highest BCUT2D eigenvalue weighted by Crippen LogP contribution is 2.22. The summed E-state index contributed by atoms with van der Waals surface area (Å²) in [6.07, 6.45) is 5.65. The van der Waals surface area contributed by atoms with Crippen LogP contribution in [0.15, 0.2) is 60.9 Å². The molecule has 1 amide bonds. The lowest BCUT2D eigenvalue weighted by Crippen LogP contribution is -2.31. The highest BCUT2D eigenvalue weighted by atomic mass is 16.5. The SMILES string of the molecule is Cc1ccc(-c2cnc(Oc3ccc(C(=O)NCC4CCCO4)cc3)nc2)cc1. The van der Waals surface area contributed by atoms with Gasteiger partial charge in [0.2, 0.25) is 0 Å². The first-order valence-corrected chi connectivity index (χ1v) is 9.74. The van der Waals surface area contributed by atoms with Crippen molar-refractivity contribution in [1.29, 1.82) is 0 Å². The zero-order valence-corrected chi connectivity index (χ0v) is 16.3. The van der Waals surface area contributed by atoms with E-state index in [4.69, 9.17) is 9.47 Å². The molecule has 1 atom stereocenters. The molecule has 4 rings (SSSR count). The highest BCUT2D eigenvalue weighted by molar-refractivity contribution is 5.94. The highest BCUT2D eigenvalue weighted by Gasteiger charge is 2.16. The van der Waals surface area contributed by atoms with Crippen molar-refractivity contribution in [3.05, 3.63) is 72.1 Å². The van der Waals surface area contributed by atoms with Crippen molar-refractivity contribution in [2.75, 3.05) is 13.2 Å². The average molecular weight is 389 g/mol. The Labute approximate surface area is 169 Å². The second kappa shape index (κ2) is 8.84. The van der Waals surface area contributed by atoms with E-state index in [0.29, 0.717) is 17.9 Å². The molecule has 0 aliphatic carbocycles. The van der Waals surface area contributed by atoms with Crippen LogP contribution in [0.25, 0.3) is 11.1 Å². The Morgan fingerprint density at radius 3 is 2.45 bits per heavy atom. The Morgan fingerprint density at radius 2 is 1.79 bits per heavy atom. The summed E-state index contributed by atoms with van der Waals surface area (Å²) >= 11 is 0. The van der Waals surface area contributed by atoms with E-state index >= 15 is 0 Å². The predicted molar refractivity (Wildman–Crippen MR) is 110 cm³/mol. The van der Waals surface area contributed by atoms with Crippen LogP contribution in [0.1, 0.15) is 28.8 Å². The molecule has 0 radical (unpaired) electrons. The van der Waals surface area contributed by atoms with Crippen LogP contribution < -0.4 is 10.1 Å². The van der Waals surface area contributed by atoms with Crippen molar-refractivity contribution < 1.29 is 14.3 Å².